The van der Waals surface area contributed by atoms with Gasteiger partial charge in [0.25, 0.3) is 0 Å². The highest BCUT2D eigenvalue weighted by Gasteiger charge is 2.37. The Morgan fingerprint density at radius 3 is 2.71 bits per heavy atom. The molecule has 1 atom stereocenters. The molecule has 1 aliphatic rings. The monoisotopic (exact) mass is 503 g/mol. The second kappa shape index (κ2) is 10.1. The summed E-state index contributed by atoms with van der Waals surface area (Å²) < 4.78 is 47.5. The molecule has 1 fully saturated rings. The summed E-state index contributed by atoms with van der Waals surface area (Å²) >= 11 is 6.13. The summed E-state index contributed by atoms with van der Waals surface area (Å²) in [5.41, 5.74) is 0.953. The highest BCUT2D eigenvalue weighted by Crippen LogP contribution is 2.30. The first-order valence-electron chi connectivity index (χ1n) is 10.7. The number of sulfonamides is 1. The molecule has 0 spiro atoms. The van der Waals surface area contributed by atoms with Gasteiger partial charge in [-0.15, -0.1) is 0 Å². The van der Waals surface area contributed by atoms with Crippen LogP contribution in [0.1, 0.15) is 29.9 Å². The van der Waals surface area contributed by atoms with Crippen LogP contribution in [0.4, 0.5) is 10.1 Å². The van der Waals surface area contributed by atoms with Gasteiger partial charge >= 0.3 is 0 Å². The Balaban J connectivity index is 1.55. The molecule has 10 heteroatoms. The maximum absolute atomic E-state index is 14.0. The predicted octanol–water partition coefficient (Wildman–Crippen LogP) is 4.99. The lowest BCUT2D eigenvalue weighted by atomic mass is 9.99. The Labute approximate surface area is 202 Å². The first-order chi connectivity index (χ1) is 16.3. The van der Waals surface area contributed by atoms with Crippen molar-refractivity contribution in [3.05, 3.63) is 76.4 Å². The summed E-state index contributed by atoms with van der Waals surface area (Å²) in [7, 11) is -4.02. The molecule has 4 rings (SSSR count). The van der Waals surface area contributed by atoms with Crippen LogP contribution in [0.5, 0.6) is 0 Å². The fraction of sp³-hybridized carbons (Fsp3) is 0.250. The van der Waals surface area contributed by atoms with E-state index in [1.54, 1.807) is 42.5 Å². The lowest BCUT2D eigenvalue weighted by Gasteiger charge is -2.31. The zero-order valence-electron chi connectivity index (χ0n) is 18.4. The summed E-state index contributed by atoms with van der Waals surface area (Å²) in [5.74, 6) is -1.28. The largest absolute Gasteiger partial charge is 0.355 e. The zero-order valence-corrected chi connectivity index (χ0v) is 19.9. The maximum Gasteiger partial charge on any atom is 0.248 e. The molecule has 0 saturated carbocycles. The number of carbonyl (C=O) groups excluding carboxylic acids is 1. The molecule has 178 valence electrons. The van der Waals surface area contributed by atoms with Gasteiger partial charge in [0, 0.05) is 18.7 Å². The Hall–Kier alpha value is -3.01. The molecule has 1 aliphatic heterocycles. The zero-order chi connectivity index (χ0) is 24.3. The average Bonchev–Trinajstić information content (AvgIpc) is 3.21. The van der Waals surface area contributed by atoms with Crippen LogP contribution in [0.2, 0.25) is 5.02 Å². The van der Waals surface area contributed by atoms with E-state index in [0.717, 1.165) is 0 Å². The number of nitrogens with zero attached hydrogens (tertiary/aromatic N) is 2. The molecular formula is C24H23ClFN3O4S. The molecule has 0 unspecified atom stereocenters. The Kier molecular flexibility index (Phi) is 7.16. The van der Waals surface area contributed by atoms with Crippen molar-refractivity contribution in [1.82, 2.24) is 9.46 Å². The van der Waals surface area contributed by atoms with E-state index in [0.29, 0.717) is 23.6 Å². The predicted molar refractivity (Wildman–Crippen MR) is 128 cm³/mol. The smallest absolute Gasteiger partial charge is 0.248 e. The lowest BCUT2D eigenvalue weighted by molar-refractivity contribution is -0.120. The van der Waals surface area contributed by atoms with Crippen molar-refractivity contribution in [3.8, 4) is 0 Å². The molecule has 1 amide bonds. The number of piperidine rings is 1. The van der Waals surface area contributed by atoms with Crippen LogP contribution in [0.3, 0.4) is 0 Å². The van der Waals surface area contributed by atoms with Gasteiger partial charge in [0.15, 0.2) is 10.7 Å². The summed E-state index contributed by atoms with van der Waals surface area (Å²) in [6, 6.07) is 13.0. The van der Waals surface area contributed by atoms with E-state index < -0.39 is 21.8 Å². The van der Waals surface area contributed by atoms with Gasteiger partial charge in [0.2, 0.25) is 15.9 Å². The first kappa shape index (κ1) is 24.1. The number of anilines is 1. The second-order valence-electron chi connectivity index (χ2n) is 7.99. The number of amides is 1. The lowest BCUT2D eigenvalue weighted by Crippen LogP contribution is -2.43. The number of para-hydroxylation sites is 1. The number of carbonyl (C=O) groups is 1. The molecule has 1 saturated heterocycles. The fourth-order valence-corrected chi connectivity index (χ4v) is 5.83. The van der Waals surface area contributed by atoms with E-state index in [9.17, 15) is 17.6 Å². The van der Waals surface area contributed by atoms with Crippen molar-refractivity contribution in [2.75, 3.05) is 18.4 Å². The summed E-state index contributed by atoms with van der Waals surface area (Å²) in [6.45, 7) is 1.81. The topological polar surface area (TPSA) is 92.5 Å². The van der Waals surface area contributed by atoms with Gasteiger partial charge in [-0.05, 0) is 50.1 Å². The highest BCUT2D eigenvalue weighted by molar-refractivity contribution is 7.89. The summed E-state index contributed by atoms with van der Waals surface area (Å²) in [6.07, 6.45) is 3.89. The molecule has 1 aromatic heterocycles. The van der Waals surface area contributed by atoms with Gasteiger partial charge in [-0.3, -0.25) is 4.79 Å². The van der Waals surface area contributed by atoms with Crippen molar-refractivity contribution in [3.63, 3.8) is 0 Å². The molecular weight excluding hydrogens is 481 g/mol. The number of rotatable bonds is 6. The van der Waals surface area contributed by atoms with Crippen molar-refractivity contribution in [2.24, 2.45) is 5.92 Å². The van der Waals surface area contributed by atoms with Crippen LogP contribution in [0.15, 0.2) is 57.9 Å². The van der Waals surface area contributed by atoms with Gasteiger partial charge in [-0.2, -0.15) is 4.31 Å². The number of halogens is 2. The van der Waals surface area contributed by atoms with Gasteiger partial charge < -0.3 is 9.84 Å². The number of nitrogens with one attached hydrogen (secondary N) is 1. The molecule has 0 radical (unpaired) electrons. The quantitative estimate of drug-likeness (QED) is 0.512. The van der Waals surface area contributed by atoms with Crippen molar-refractivity contribution < 1.29 is 22.1 Å². The van der Waals surface area contributed by atoms with Gasteiger partial charge in [0.1, 0.15) is 11.5 Å². The Morgan fingerprint density at radius 2 is 1.94 bits per heavy atom. The molecule has 7 nitrogen and oxygen atoms in total. The fourth-order valence-electron chi connectivity index (χ4n) is 3.88. The number of hydrogen-bond donors (Lipinski definition) is 1. The Morgan fingerprint density at radius 1 is 1.21 bits per heavy atom. The molecule has 2 aromatic carbocycles. The van der Waals surface area contributed by atoms with Gasteiger partial charge in [-0.1, -0.05) is 47.1 Å². The highest BCUT2D eigenvalue weighted by atomic mass is 35.5. The van der Waals surface area contributed by atoms with Gasteiger partial charge in [-0.25, -0.2) is 12.8 Å². The minimum Gasteiger partial charge on any atom is -0.355 e. The van der Waals surface area contributed by atoms with E-state index in [1.807, 2.05) is 0 Å². The molecule has 0 bridgehead atoms. The summed E-state index contributed by atoms with van der Waals surface area (Å²) in [5, 5.41) is 7.00. The molecule has 0 aliphatic carbocycles. The van der Waals surface area contributed by atoms with Crippen LogP contribution >= 0.6 is 11.6 Å². The van der Waals surface area contributed by atoms with Gasteiger partial charge in [0.05, 0.1) is 16.6 Å². The Bertz CT molecular complexity index is 1340. The van der Waals surface area contributed by atoms with E-state index in [2.05, 4.69) is 10.5 Å². The van der Waals surface area contributed by atoms with E-state index in [4.69, 9.17) is 16.1 Å². The third-order valence-corrected chi connectivity index (χ3v) is 7.99. The summed E-state index contributed by atoms with van der Waals surface area (Å²) in [4.78, 5) is 12.7. The number of aryl methyl sites for hydroxylation is 1. The van der Waals surface area contributed by atoms with Crippen LogP contribution in [0.25, 0.3) is 12.2 Å². The van der Waals surface area contributed by atoms with Crippen molar-refractivity contribution in [1.29, 1.82) is 0 Å². The van der Waals surface area contributed by atoms with Crippen LogP contribution in [-0.2, 0) is 14.8 Å². The van der Waals surface area contributed by atoms with E-state index in [-0.39, 0.29) is 40.9 Å². The van der Waals surface area contributed by atoms with Crippen LogP contribution in [0, 0.1) is 18.7 Å². The number of aromatic nitrogens is 1. The molecule has 1 N–H and O–H groups in total. The standard InChI is InChI=1S/C24H23ClFN3O4S/c1-16-23(22(33-28-16)13-12-17-7-2-4-10-20(17)26)34(31,32)29-14-6-8-18(15-29)24(30)27-21-11-5-3-9-19(21)25/h2-5,7,9-13,18H,6,8,14-15H2,1H3,(H,27,30)/b13-12+/t18-/m1/s1. The first-order valence-corrected chi connectivity index (χ1v) is 12.5. The van der Waals surface area contributed by atoms with E-state index in [1.165, 1.54) is 29.4 Å². The third kappa shape index (κ3) is 5.06. The third-order valence-electron chi connectivity index (χ3n) is 5.64. The maximum atomic E-state index is 14.0. The van der Waals surface area contributed by atoms with Crippen molar-refractivity contribution in [2.45, 2.75) is 24.7 Å². The molecule has 3 aromatic rings. The van der Waals surface area contributed by atoms with Crippen LogP contribution < -0.4 is 5.32 Å². The van der Waals surface area contributed by atoms with E-state index >= 15 is 0 Å². The minimum atomic E-state index is -4.02. The molecule has 2 heterocycles. The number of benzene rings is 2. The average molecular weight is 504 g/mol. The number of hydrogen-bond acceptors (Lipinski definition) is 5. The SMILES string of the molecule is Cc1noc(/C=C/c2ccccc2F)c1S(=O)(=O)N1CCC[C@@H](C(=O)Nc2ccccc2Cl)C1. The normalized spacial score (nSPS) is 17.2. The van der Waals surface area contributed by atoms with Crippen molar-refractivity contribution >= 4 is 45.4 Å². The minimum absolute atomic E-state index is 0.00314. The van der Waals surface area contributed by atoms with Crippen LogP contribution in [-0.4, -0.2) is 36.9 Å². The molecule has 34 heavy (non-hydrogen) atoms. The second-order valence-corrected chi connectivity index (χ2v) is 10.3.